The van der Waals surface area contributed by atoms with Gasteiger partial charge >= 0.3 is 15.6 Å². The summed E-state index contributed by atoms with van der Waals surface area (Å²) < 4.78 is 63.9. The molecule has 0 atom stereocenters. The molecule has 0 amide bonds. The SMILES string of the molecule is CCCCCc1ccc(-c2ccc(-c3ccc(OS(=O)(=O)C(F)(F)F)cc3)c(C)c2)cc1. The molecule has 0 N–H and O–H groups in total. The molecule has 0 saturated carbocycles. The monoisotopic (exact) mass is 462 g/mol. The van der Waals surface area contributed by atoms with Gasteiger partial charge in [0.05, 0.1) is 0 Å². The zero-order valence-electron chi connectivity index (χ0n) is 17.9. The van der Waals surface area contributed by atoms with Crippen molar-refractivity contribution in [3.63, 3.8) is 0 Å². The molecule has 3 aromatic rings. The van der Waals surface area contributed by atoms with E-state index in [1.807, 2.05) is 19.1 Å². The summed E-state index contributed by atoms with van der Waals surface area (Å²) in [5.74, 6) is -0.389. The van der Waals surface area contributed by atoms with Crippen LogP contribution in [0.1, 0.15) is 37.3 Å². The standard InChI is InChI=1S/C25H25F3O3S/c1-3-4-5-6-19-7-9-20(10-8-19)22-13-16-24(18(2)17-22)21-11-14-23(15-12-21)31-32(29,30)25(26,27)28/h7-17H,3-6H2,1-2H3. The van der Waals surface area contributed by atoms with Crippen molar-refractivity contribution in [1.82, 2.24) is 0 Å². The fourth-order valence-corrected chi connectivity index (χ4v) is 3.93. The van der Waals surface area contributed by atoms with Crippen molar-refractivity contribution in [2.45, 2.75) is 45.0 Å². The first-order valence-corrected chi connectivity index (χ1v) is 11.8. The Labute approximate surface area is 187 Å². The number of unbranched alkanes of at least 4 members (excludes halogenated alkanes) is 2. The molecular formula is C25H25F3O3S. The summed E-state index contributed by atoms with van der Waals surface area (Å²) in [6.07, 6.45) is 4.70. The maximum absolute atomic E-state index is 12.5. The zero-order chi connectivity index (χ0) is 23.4. The highest BCUT2D eigenvalue weighted by Crippen LogP contribution is 2.31. The lowest BCUT2D eigenvalue weighted by Crippen LogP contribution is -2.28. The number of hydrogen-bond donors (Lipinski definition) is 0. The molecule has 0 heterocycles. The summed E-state index contributed by atoms with van der Waals surface area (Å²) in [6, 6.07) is 20.0. The first-order valence-electron chi connectivity index (χ1n) is 10.4. The molecular weight excluding hydrogens is 437 g/mol. The maximum atomic E-state index is 12.5. The highest BCUT2D eigenvalue weighted by Gasteiger charge is 2.48. The van der Waals surface area contributed by atoms with Crippen LogP contribution in [0.2, 0.25) is 0 Å². The highest BCUT2D eigenvalue weighted by atomic mass is 32.2. The Kier molecular flexibility index (Phi) is 7.29. The van der Waals surface area contributed by atoms with Crippen molar-refractivity contribution in [1.29, 1.82) is 0 Å². The minimum atomic E-state index is -5.68. The van der Waals surface area contributed by atoms with Gasteiger partial charge in [-0.3, -0.25) is 0 Å². The van der Waals surface area contributed by atoms with Crippen molar-refractivity contribution >= 4 is 10.1 Å². The molecule has 3 nitrogen and oxygen atoms in total. The van der Waals surface area contributed by atoms with Crippen LogP contribution in [0, 0.1) is 6.92 Å². The van der Waals surface area contributed by atoms with Crippen LogP contribution in [0.15, 0.2) is 66.7 Å². The zero-order valence-corrected chi connectivity index (χ0v) is 18.8. The van der Waals surface area contributed by atoms with Crippen molar-refractivity contribution in [2.24, 2.45) is 0 Å². The van der Waals surface area contributed by atoms with Crippen LogP contribution < -0.4 is 4.18 Å². The molecule has 0 unspecified atom stereocenters. The number of benzene rings is 3. The summed E-state index contributed by atoms with van der Waals surface area (Å²) in [5, 5.41) is 0. The molecule has 32 heavy (non-hydrogen) atoms. The second kappa shape index (κ2) is 9.77. The van der Waals surface area contributed by atoms with Crippen LogP contribution >= 0.6 is 0 Å². The quantitative estimate of drug-likeness (QED) is 0.201. The van der Waals surface area contributed by atoms with Crippen molar-refractivity contribution in [2.75, 3.05) is 0 Å². The predicted molar refractivity (Wildman–Crippen MR) is 121 cm³/mol. The van der Waals surface area contributed by atoms with Crippen LogP contribution in [-0.4, -0.2) is 13.9 Å². The Hall–Kier alpha value is -2.80. The van der Waals surface area contributed by atoms with Crippen LogP contribution in [-0.2, 0) is 16.5 Å². The number of halogens is 3. The Morgan fingerprint density at radius 2 is 1.41 bits per heavy atom. The van der Waals surface area contributed by atoms with Crippen LogP contribution in [0.3, 0.4) is 0 Å². The second-order valence-electron chi connectivity index (χ2n) is 7.69. The molecule has 0 bridgehead atoms. The van der Waals surface area contributed by atoms with Gasteiger partial charge in [0.25, 0.3) is 0 Å². The fraction of sp³-hybridized carbons (Fsp3) is 0.280. The Balaban J connectivity index is 1.75. The third-order valence-corrected chi connectivity index (χ3v) is 6.22. The van der Waals surface area contributed by atoms with E-state index in [0.717, 1.165) is 34.2 Å². The maximum Gasteiger partial charge on any atom is 0.534 e. The Bertz CT molecular complexity index is 1150. The predicted octanol–water partition coefficient (Wildman–Crippen LogP) is 7.29. The summed E-state index contributed by atoms with van der Waals surface area (Å²) in [4.78, 5) is 0. The van der Waals surface area contributed by atoms with Gasteiger partial charge < -0.3 is 4.18 Å². The summed E-state index contributed by atoms with van der Waals surface area (Å²) in [7, 11) is -5.68. The van der Waals surface area contributed by atoms with Gasteiger partial charge in [-0.1, -0.05) is 74.4 Å². The van der Waals surface area contributed by atoms with Gasteiger partial charge in [-0.15, -0.1) is 0 Å². The van der Waals surface area contributed by atoms with E-state index in [4.69, 9.17) is 0 Å². The third kappa shape index (κ3) is 5.71. The average Bonchev–Trinajstić information content (AvgIpc) is 2.74. The van der Waals surface area contributed by atoms with E-state index >= 15 is 0 Å². The number of rotatable bonds is 8. The molecule has 3 rings (SSSR count). The minimum absolute atomic E-state index is 0.389. The topological polar surface area (TPSA) is 43.4 Å². The van der Waals surface area contributed by atoms with Crippen molar-refractivity contribution < 1.29 is 25.8 Å². The Morgan fingerprint density at radius 3 is 1.97 bits per heavy atom. The smallest absolute Gasteiger partial charge is 0.376 e. The average molecular weight is 463 g/mol. The minimum Gasteiger partial charge on any atom is -0.376 e. The van der Waals surface area contributed by atoms with Crippen molar-refractivity contribution in [3.8, 4) is 28.0 Å². The lowest BCUT2D eigenvalue weighted by atomic mass is 9.95. The molecule has 170 valence electrons. The fourth-order valence-electron chi connectivity index (χ4n) is 3.47. The van der Waals surface area contributed by atoms with Gasteiger partial charge in [-0.2, -0.15) is 21.6 Å². The lowest BCUT2D eigenvalue weighted by Gasteiger charge is -2.12. The molecule has 0 fully saturated rings. The molecule has 0 saturated heterocycles. The van der Waals surface area contributed by atoms with Crippen molar-refractivity contribution in [3.05, 3.63) is 77.9 Å². The van der Waals surface area contributed by atoms with E-state index in [2.05, 4.69) is 41.4 Å². The van der Waals surface area contributed by atoms with Gasteiger partial charge in [-0.05, 0) is 65.3 Å². The summed E-state index contributed by atoms with van der Waals surface area (Å²) in [5.41, 5.74) is 0.678. The molecule has 3 aromatic carbocycles. The van der Waals surface area contributed by atoms with Gasteiger partial charge in [0, 0.05) is 0 Å². The molecule has 0 aliphatic heterocycles. The molecule has 7 heteroatoms. The van der Waals surface area contributed by atoms with E-state index in [0.29, 0.717) is 0 Å². The first-order chi connectivity index (χ1) is 15.1. The number of hydrogen-bond acceptors (Lipinski definition) is 3. The van der Waals surface area contributed by atoms with E-state index in [1.165, 1.54) is 49.1 Å². The molecule has 0 spiro atoms. The summed E-state index contributed by atoms with van der Waals surface area (Å²) in [6.45, 7) is 4.14. The van der Waals surface area contributed by atoms with Crippen LogP contribution in [0.25, 0.3) is 22.3 Å². The second-order valence-corrected chi connectivity index (χ2v) is 9.23. The van der Waals surface area contributed by atoms with E-state index < -0.39 is 15.6 Å². The van der Waals surface area contributed by atoms with Gasteiger partial charge in [0.1, 0.15) is 5.75 Å². The lowest BCUT2D eigenvalue weighted by molar-refractivity contribution is -0.0500. The molecule has 0 aromatic heterocycles. The van der Waals surface area contributed by atoms with E-state index in [1.54, 1.807) is 0 Å². The Morgan fingerprint density at radius 1 is 0.812 bits per heavy atom. The number of alkyl halides is 3. The van der Waals surface area contributed by atoms with E-state index in [-0.39, 0.29) is 5.75 Å². The highest BCUT2D eigenvalue weighted by molar-refractivity contribution is 7.88. The first kappa shape index (κ1) is 23.9. The molecule has 0 aliphatic carbocycles. The van der Waals surface area contributed by atoms with E-state index in [9.17, 15) is 21.6 Å². The van der Waals surface area contributed by atoms with Gasteiger partial charge in [0.2, 0.25) is 0 Å². The van der Waals surface area contributed by atoms with Gasteiger partial charge in [-0.25, -0.2) is 0 Å². The van der Waals surface area contributed by atoms with Crippen LogP contribution in [0.4, 0.5) is 13.2 Å². The van der Waals surface area contributed by atoms with Crippen LogP contribution in [0.5, 0.6) is 5.75 Å². The molecule has 0 aliphatic rings. The van der Waals surface area contributed by atoms with Gasteiger partial charge in [0.15, 0.2) is 0 Å². The molecule has 0 radical (unpaired) electrons. The summed E-state index contributed by atoms with van der Waals surface area (Å²) >= 11 is 0. The largest absolute Gasteiger partial charge is 0.534 e. The third-order valence-electron chi connectivity index (χ3n) is 5.24. The normalized spacial score (nSPS) is 12.0. The number of aryl methyl sites for hydroxylation is 2.